The van der Waals surface area contributed by atoms with E-state index >= 15 is 0 Å². The first-order valence-corrected chi connectivity index (χ1v) is 12.5. The van der Waals surface area contributed by atoms with Crippen LogP contribution in [-0.4, -0.2) is 52.3 Å². The van der Waals surface area contributed by atoms with Crippen molar-refractivity contribution in [3.63, 3.8) is 0 Å². The van der Waals surface area contributed by atoms with Crippen LogP contribution in [0.15, 0.2) is 72.8 Å². The van der Waals surface area contributed by atoms with Crippen molar-refractivity contribution in [1.82, 2.24) is 10.2 Å². The quantitative estimate of drug-likeness (QED) is 0.536. The number of amides is 2. The van der Waals surface area contributed by atoms with Crippen molar-refractivity contribution in [2.45, 2.75) is 18.5 Å². The Bertz CT molecular complexity index is 1230. The molecule has 0 spiro atoms. The van der Waals surface area contributed by atoms with Crippen LogP contribution in [0.4, 0.5) is 4.79 Å². The van der Waals surface area contributed by atoms with Crippen molar-refractivity contribution in [2.24, 2.45) is 0 Å². The lowest BCUT2D eigenvalue weighted by Crippen LogP contribution is -2.41. The summed E-state index contributed by atoms with van der Waals surface area (Å²) in [6.07, 6.45) is -0.509. The number of nitrogens with zero attached hydrogens (tertiary/aromatic N) is 1. The van der Waals surface area contributed by atoms with Gasteiger partial charge in [0.1, 0.15) is 12.6 Å². The van der Waals surface area contributed by atoms with Gasteiger partial charge in [-0.05, 0) is 39.9 Å². The first-order valence-electron chi connectivity index (χ1n) is 11.3. The molecular weight excluding hydrogens is 464 g/mol. The van der Waals surface area contributed by atoms with Gasteiger partial charge in [-0.3, -0.25) is 4.79 Å². The molecule has 0 saturated carbocycles. The first kappa shape index (κ1) is 23.0. The molecule has 2 aliphatic rings. The average Bonchev–Trinajstić information content (AvgIpc) is 3.50. The van der Waals surface area contributed by atoms with Crippen LogP contribution in [0.25, 0.3) is 11.1 Å². The van der Waals surface area contributed by atoms with Gasteiger partial charge in [-0.2, -0.15) is 0 Å². The Balaban J connectivity index is 1.16. The van der Waals surface area contributed by atoms with Crippen molar-refractivity contribution >= 4 is 29.7 Å². The molecule has 3 aromatic carbocycles. The molecule has 5 rings (SSSR count). The van der Waals surface area contributed by atoms with Crippen molar-refractivity contribution in [1.29, 1.82) is 0 Å². The summed E-state index contributed by atoms with van der Waals surface area (Å²) in [5.41, 5.74) is 5.89. The molecule has 0 radical (unpaired) electrons. The summed E-state index contributed by atoms with van der Waals surface area (Å²) in [7, 11) is 0. The molecule has 1 unspecified atom stereocenters. The van der Waals surface area contributed by atoms with E-state index in [9.17, 15) is 19.5 Å². The Morgan fingerprint density at radius 3 is 2.20 bits per heavy atom. The van der Waals surface area contributed by atoms with E-state index in [0.717, 1.165) is 16.7 Å². The zero-order chi connectivity index (χ0) is 24.4. The number of benzene rings is 3. The van der Waals surface area contributed by atoms with Gasteiger partial charge in [0, 0.05) is 23.8 Å². The van der Waals surface area contributed by atoms with Crippen LogP contribution < -0.4 is 5.32 Å². The minimum atomic E-state index is -0.993. The number of carbonyl (C=O) groups excluding carboxylic acids is 2. The van der Waals surface area contributed by atoms with E-state index < -0.39 is 18.1 Å². The molecule has 35 heavy (non-hydrogen) atoms. The summed E-state index contributed by atoms with van der Waals surface area (Å²) in [5.74, 6) is -0.549. The fraction of sp³-hybridized carbons (Fsp3) is 0.222. The molecule has 1 aliphatic carbocycles. The van der Waals surface area contributed by atoms with Crippen molar-refractivity contribution < 1.29 is 24.2 Å². The Labute approximate surface area is 207 Å². The summed E-state index contributed by atoms with van der Waals surface area (Å²) >= 11 is 1.43. The molecule has 1 aliphatic heterocycles. The van der Waals surface area contributed by atoms with Gasteiger partial charge in [0.15, 0.2) is 0 Å². The number of carboxylic acids is 1. The van der Waals surface area contributed by atoms with Gasteiger partial charge < -0.3 is 20.1 Å². The molecule has 1 fully saturated rings. The molecule has 1 atom stereocenters. The van der Waals surface area contributed by atoms with Crippen LogP contribution in [0, 0.1) is 0 Å². The second-order valence-electron chi connectivity index (χ2n) is 8.50. The number of hydrogen-bond acceptors (Lipinski definition) is 5. The van der Waals surface area contributed by atoms with Crippen LogP contribution in [0.3, 0.4) is 0 Å². The topological polar surface area (TPSA) is 95.9 Å². The summed E-state index contributed by atoms with van der Waals surface area (Å²) < 4.78 is 5.56. The fourth-order valence-corrected chi connectivity index (χ4v) is 5.75. The van der Waals surface area contributed by atoms with Gasteiger partial charge in [-0.15, -0.1) is 11.8 Å². The molecule has 7 nitrogen and oxygen atoms in total. The van der Waals surface area contributed by atoms with Gasteiger partial charge in [0.25, 0.3) is 5.91 Å². The summed E-state index contributed by atoms with van der Waals surface area (Å²) in [6.45, 7) is 0.494. The standard InChI is InChI=1S/C27H24N2O5S/c30-25(29-16-35-15-24(29)26(31)32)18-11-9-17(10-12-18)13-28-27(33)34-14-23-21-7-3-1-5-19(21)20-6-2-4-8-22(20)23/h1-12,23-24H,13-16H2,(H,28,33)(H,31,32). The fourth-order valence-electron chi connectivity index (χ4n) is 4.60. The third kappa shape index (κ3) is 4.61. The van der Waals surface area contributed by atoms with Crippen LogP contribution in [-0.2, 0) is 16.1 Å². The maximum absolute atomic E-state index is 12.7. The van der Waals surface area contributed by atoms with Crippen molar-refractivity contribution in [3.05, 3.63) is 95.1 Å². The molecule has 2 N–H and O–H groups in total. The van der Waals surface area contributed by atoms with E-state index in [1.54, 1.807) is 24.3 Å². The zero-order valence-corrected chi connectivity index (χ0v) is 19.7. The number of thioether (sulfide) groups is 1. The Hall–Kier alpha value is -3.78. The molecule has 0 bridgehead atoms. The highest BCUT2D eigenvalue weighted by Crippen LogP contribution is 2.44. The monoisotopic (exact) mass is 488 g/mol. The molecule has 3 aromatic rings. The Morgan fingerprint density at radius 1 is 0.943 bits per heavy atom. The average molecular weight is 489 g/mol. The molecule has 1 heterocycles. The van der Waals surface area contributed by atoms with Crippen LogP contribution in [0.1, 0.15) is 33.0 Å². The predicted molar refractivity (Wildman–Crippen MR) is 133 cm³/mol. The van der Waals surface area contributed by atoms with E-state index in [0.29, 0.717) is 17.2 Å². The van der Waals surface area contributed by atoms with E-state index in [4.69, 9.17) is 4.74 Å². The second-order valence-corrected chi connectivity index (χ2v) is 9.50. The highest BCUT2D eigenvalue weighted by Gasteiger charge is 2.35. The van der Waals surface area contributed by atoms with E-state index in [-0.39, 0.29) is 25.0 Å². The lowest BCUT2D eigenvalue weighted by molar-refractivity contribution is -0.140. The van der Waals surface area contributed by atoms with Gasteiger partial charge >= 0.3 is 12.1 Å². The normalized spacial score (nSPS) is 16.5. The molecular formula is C27H24N2O5S. The number of hydrogen-bond donors (Lipinski definition) is 2. The van der Waals surface area contributed by atoms with E-state index in [2.05, 4.69) is 29.6 Å². The number of rotatable bonds is 6. The van der Waals surface area contributed by atoms with Gasteiger partial charge in [-0.25, -0.2) is 9.59 Å². The van der Waals surface area contributed by atoms with Crippen LogP contribution >= 0.6 is 11.8 Å². The first-order chi connectivity index (χ1) is 17.0. The summed E-state index contributed by atoms with van der Waals surface area (Å²) in [6, 6.07) is 22.3. The van der Waals surface area contributed by atoms with E-state index in [1.165, 1.54) is 27.8 Å². The molecule has 178 valence electrons. The van der Waals surface area contributed by atoms with Crippen molar-refractivity contribution in [2.75, 3.05) is 18.2 Å². The number of fused-ring (bicyclic) bond motifs is 3. The van der Waals surface area contributed by atoms with Crippen LogP contribution in [0.5, 0.6) is 0 Å². The van der Waals surface area contributed by atoms with Gasteiger partial charge in [0.05, 0.1) is 5.88 Å². The molecule has 1 saturated heterocycles. The maximum Gasteiger partial charge on any atom is 0.407 e. The lowest BCUT2D eigenvalue weighted by atomic mass is 9.98. The molecule has 8 heteroatoms. The Kier molecular flexibility index (Phi) is 6.46. The summed E-state index contributed by atoms with van der Waals surface area (Å²) in [5, 5.41) is 12.1. The minimum absolute atomic E-state index is 0.00294. The maximum atomic E-state index is 12.7. The Morgan fingerprint density at radius 2 is 1.57 bits per heavy atom. The van der Waals surface area contributed by atoms with Gasteiger partial charge in [0.2, 0.25) is 0 Å². The smallest absolute Gasteiger partial charge is 0.407 e. The minimum Gasteiger partial charge on any atom is -0.480 e. The van der Waals surface area contributed by atoms with Crippen molar-refractivity contribution in [3.8, 4) is 11.1 Å². The lowest BCUT2D eigenvalue weighted by Gasteiger charge is -2.20. The molecule has 2 amide bonds. The third-order valence-electron chi connectivity index (χ3n) is 6.41. The SMILES string of the molecule is O=C(NCc1ccc(C(=O)N2CSCC2C(=O)O)cc1)OCC1c2ccccc2-c2ccccc21. The van der Waals surface area contributed by atoms with E-state index in [1.807, 2.05) is 24.3 Å². The largest absolute Gasteiger partial charge is 0.480 e. The number of aliphatic carboxylic acids is 1. The van der Waals surface area contributed by atoms with Crippen LogP contribution in [0.2, 0.25) is 0 Å². The predicted octanol–water partition coefficient (Wildman–Crippen LogP) is 4.33. The van der Waals surface area contributed by atoms with Gasteiger partial charge in [-0.1, -0.05) is 60.7 Å². The highest BCUT2D eigenvalue weighted by atomic mass is 32.2. The second kappa shape index (κ2) is 9.84. The third-order valence-corrected chi connectivity index (χ3v) is 7.42. The number of alkyl carbamates (subject to hydrolysis) is 1. The summed E-state index contributed by atoms with van der Waals surface area (Å²) in [4.78, 5) is 37.8. The zero-order valence-electron chi connectivity index (χ0n) is 18.8. The highest BCUT2D eigenvalue weighted by molar-refractivity contribution is 7.99. The number of nitrogens with one attached hydrogen (secondary N) is 1. The molecule has 0 aromatic heterocycles. The number of carboxylic acid groups (broad SMARTS) is 1. The number of ether oxygens (including phenoxy) is 1. The number of carbonyl (C=O) groups is 3.